The molecule has 0 aliphatic heterocycles. The molecule has 21 heavy (non-hydrogen) atoms. The molecule has 5 nitrogen and oxygen atoms in total. The normalized spacial score (nSPS) is 12.0. The van der Waals surface area contributed by atoms with Gasteiger partial charge in [0.2, 0.25) is 5.70 Å². The number of azo groups is 1. The van der Waals surface area contributed by atoms with Crippen LogP contribution in [0.3, 0.4) is 0 Å². The number of hydrogen-bond donors (Lipinski definition) is 1. The number of esters is 1. The van der Waals surface area contributed by atoms with Gasteiger partial charge in [0.25, 0.3) is 0 Å². The first-order valence-corrected chi connectivity index (χ1v) is 8.35. The van der Waals surface area contributed by atoms with Crippen LogP contribution in [0.5, 0.6) is 0 Å². The zero-order valence-corrected chi connectivity index (χ0v) is 14.6. The Labute approximate surface area is 138 Å². The van der Waals surface area contributed by atoms with E-state index in [0.29, 0.717) is 11.4 Å². The second-order valence-corrected chi connectivity index (χ2v) is 6.44. The van der Waals surface area contributed by atoms with E-state index in [0.717, 1.165) is 0 Å². The van der Waals surface area contributed by atoms with Gasteiger partial charge >= 0.3 is 5.97 Å². The van der Waals surface area contributed by atoms with Gasteiger partial charge < -0.3 is 26.8 Å². The highest BCUT2D eigenvalue weighted by molar-refractivity contribution is 7.95. The highest BCUT2D eigenvalue weighted by atomic mass is 79.9. The van der Waals surface area contributed by atoms with Crippen molar-refractivity contribution >= 4 is 22.6 Å². The van der Waals surface area contributed by atoms with Gasteiger partial charge in [0.05, 0.1) is 24.8 Å². The number of halogens is 1. The van der Waals surface area contributed by atoms with Gasteiger partial charge in [0, 0.05) is 0 Å². The van der Waals surface area contributed by atoms with Crippen molar-refractivity contribution in [2.45, 2.75) is 6.92 Å². The number of carbonyl (C=O) groups excluding carboxylic acids is 1. The summed E-state index contributed by atoms with van der Waals surface area (Å²) < 4.78 is 4.89. The average molecular weight is 375 g/mol. The van der Waals surface area contributed by atoms with Gasteiger partial charge in [-0.05, 0) is 30.0 Å². The van der Waals surface area contributed by atoms with Crippen LogP contribution in [0.25, 0.3) is 0 Å². The van der Waals surface area contributed by atoms with Crippen LogP contribution in [0, 0.1) is 0 Å². The lowest BCUT2D eigenvalue weighted by Crippen LogP contribution is -3.00. The molecule has 0 aliphatic carbocycles. The maximum Gasteiger partial charge on any atom is 0.362 e. The van der Waals surface area contributed by atoms with E-state index in [2.05, 4.69) is 10.2 Å². The highest BCUT2D eigenvalue weighted by Crippen LogP contribution is 2.15. The van der Waals surface area contributed by atoms with Gasteiger partial charge in [0.1, 0.15) is 0 Å². The first-order chi connectivity index (χ1) is 9.54. The number of benzene rings is 1. The van der Waals surface area contributed by atoms with Crippen molar-refractivity contribution in [1.82, 2.24) is 0 Å². The minimum atomic E-state index is -0.657. The third-order valence-electron chi connectivity index (χ3n) is 2.19. The van der Waals surface area contributed by atoms with Gasteiger partial charge in [-0.2, -0.15) is 5.11 Å². The zero-order chi connectivity index (χ0) is 15.0. The van der Waals surface area contributed by atoms with Crippen LogP contribution in [-0.2, 0) is 20.4 Å². The Kier molecular flexibility index (Phi) is 9.73. The van der Waals surface area contributed by atoms with Crippen LogP contribution in [-0.4, -0.2) is 35.9 Å². The number of rotatable bonds is 6. The molecular weight excluding hydrogens is 356 g/mol. The number of carbonyl (C=O) groups is 1. The summed E-state index contributed by atoms with van der Waals surface area (Å²) in [4.78, 5) is 11.8. The minimum absolute atomic E-state index is 0. The summed E-state index contributed by atoms with van der Waals surface area (Å²) in [6.45, 7) is 1.92. The minimum Gasteiger partial charge on any atom is -1.00 e. The SMILES string of the molecule is CCOC(=O)/C(N=Nc1ccccc1)=C(\O)C[S+](C)C.[Br-]. The first-order valence-electron chi connectivity index (χ1n) is 6.14. The number of hydrogen-bond acceptors (Lipinski definition) is 5. The largest absolute Gasteiger partial charge is 1.00 e. The molecule has 0 saturated carbocycles. The first kappa shape index (κ1) is 19.7. The third-order valence-corrected chi connectivity index (χ3v) is 3.04. The summed E-state index contributed by atoms with van der Waals surface area (Å²) in [7, 11) is -0.0521. The molecule has 1 N–H and O–H groups in total. The standard InChI is InChI=1S/C14H18N2O3S.BrH/c1-4-19-14(18)13(12(17)10-20(2)3)16-15-11-8-6-5-7-9-11;/h5-9H,4,10H2,1-3H3;1H. The Hall–Kier alpha value is -1.34. The van der Waals surface area contributed by atoms with Gasteiger partial charge in [-0.1, -0.05) is 18.2 Å². The summed E-state index contributed by atoms with van der Waals surface area (Å²) in [5, 5.41) is 17.8. The van der Waals surface area contributed by atoms with Crippen molar-refractivity contribution in [2.75, 3.05) is 24.9 Å². The number of ether oxygens (including phenoxy) is 1. The predicted molar refractivity (Wildman–Crippen MR) is 81.3 cm³/mol. The fourth-order valence-electron chi connectivity index (χ4n) is 1.36. The molecule has 0 fully saturated rings. The molecule has 0 unspecified atom stereocenters. The molecule has 0 heterocycles. The Balaban J connectivity index is 0.00000400. The summed E-state index contributed by atoms with van der Waals surface area (Å²) in [5.41, 5.74) is 0.478. The number of aliphatic hydroxyl groups excluding tert-OH is 1. The molecule has 116 valence electrons. The number of aliphatic hydroxyl groups is 1. The van der Waals surface area contributed by atoms with Gasteiger partial charge in [-0.15, -0.1) is 5.11 Å². The Morgan fingerprint density at radius 1 is 1.29 bits per heavy atom. The summed E-state index contributed by atoms with van der Waals surface area (Å²) >= 11 is 0. The van der Waals surface area contributed by atoms with E-state index >= 15 is 0 Å². The predicted octanol–water partition coefficient (Wildman–Crippen LogP) is -0.0151. The molecule has 0 amide bonds. The Morgan fingerprint density at radius 2 is 1.90 bits per heavy atom. The number of nitrogens with zero attached hydrogens (tertiary/aromatic N) is 2. The second kappa shape index (κ2) is 10.4. The zero-order valence-electron chi connectivity index (χ0n) is 12.2. The van der Waals surface area contributed by atoms with E-state index < -0.39 is 5.97 Å². The van der Waals surface area contributed by atoms with Crippen molar-refractivity contribution in [3.05, 3.63) is 41.8 Å². The summed E-state index contributed by atoms with van der Waals surface area (Å²) in [6.07, 6.45) is 3.93. The Bertz CT molecular complexity index is 504. The van der Waals surface area contributed by atoms with E-state index in [4.69, 9.17) is 4.74 Å². The van der Waals surface area contributed by atoms with Crippen LogP contribution >= 0.6 is 0 Å². The van der Waals surface area contributed by atoms with E-state index in [-0.39, 0.29) is 45.9 Å². The fraction of sp³-hybridized carbons (Fsp3) is 0.357. The van der Waals surface area contributed by atoms with E-state index in [1.165, 1.54) is 0 Å². The van der Waals surface area contributed by atoms with E-state index in [1.54, 1.807) is 19.1 Å². The molecule has 0 aromatic heterocycles. The van der Waals surface area contributed by atoms with E-state index in [9.17, 15) is 9.90 Å². The van der Waals surface area contributed by atoms with Crippen LogP contribution in [0.4, 0.5) is 5.69 Å². The second-order valence-electron chi connectivity index (χ2n) is 4.18. The lowest BCUT2D eigenvalue weighted by Gasteiger charge is -2.04. The Morgan fingerprint density at radius 3 is 2.43 bits per heavy atom. The molecule has 1 rings (SSSR count). The third kappa shape index (κ3) is 7.29. The quantitative estimate of drug-likeness (QED) is 0.250. The highest BCUT2D eigenvalue weighted by Gasteiger charge is 2.20. The average Bonchev–Trinajstić information content (AvgIpc) is 2.39. The molecule has 0 bridgehead atoms. The van der Waals surface area contributed by atoms with Crippen molar-refractivity contribution < 1.29 is 31.6 Å². The van der Waals surface area contributed by atoms with Crippen LogP contribution in [0.1, 0.15) is 6.92 Å². The van der Waals surface area contributed by atoms with E-state index in [1.807, 2.05) is 30.7 Å². The molecule has 1 aromatic carbocycles. The van der Waals surface area contributed by atoms with Crippen molar-refractivity contribution in [3.63, 3.8) is 0 Å². The molecule has 0 saturated heterocycles. The summed E-state index contributed by atoms with van der Waals surface area (Å²) in [6, 6.07) is 9.01. The molecule has 7 heteroatoms. The molecule has 0 radical (unpaired) electrons. The van der Waals surface area contributed by atoms with Crippen LogP contribution in [0.15, 0.2) is 52.0 Å². The van der Waals surface area contributed by atoms with Crippen LogP contribution in [0.2, 0.25) is 0 Å². The van der Waals surface area contributed by atoms with Gasteiger partial charge in [-0.3, -0.25) is 0 Å². The van der Waals surface area contributed by atoms with Crippen molar-refractivity contribution in [2.24, 2.45) is 10.2 Å². The van der Waals surface area contributed by atoms with Gasteiger partial charge in [-0.25, -0.2) is 4.79 Å². The molecule has 0 aliphatic rings. The van der Waals surface area contributed by atoms with Crippen molar-refractivity contribution in [1.29, 1.82) is 0 Å². The molecular formula is C14H19BrN2O3S. The lowest BCUT2D eigenvalue weighted by atomic mass is 10.3. The van der Waals surface area contributed by atoms with Crippen molar-refractivity contribution in [3.8, 4) is 0 Å². The monoisotopic (exact) mass is 374 g/mol. The topological polar surface area (TPSA) is 71.2 Å². The molecule has 0 atom stereocenters. The maximum atomic E-state index is 11.8. The van der Waals surface area contributed by atoms with Gasteiger partial charge in [0.15, 0.2) is 11.5 Å². The molecule has 0 spiro atoms. The van der Waals surface area contributed by atoms with Crippen LogP contribution < -0.4 is 17.0 Å². The lowest BCUT2D eigenvalue weighted by molar-refractivity contribution is -0.138. The smallest absolute Gasteiger partial charge is 0.362 e. The fourth-order valence-corrected chi connectivity index (χ4v) is 2.04. The summed E-state index contributed by atoms with van der Waals surface area (Å²) in [5.74, 6) is -0.367. The molecule has 1 aromatic rings. The maximum absolute atomic E-state index is 11.8.